The van der Waals surface area contributed by atoms with E-state index in [-0.39, 0.29) is 23.6 Å². The van der Waals surface area contributed by atoms with E-state index in [9.17, 15) is 9.59 Å². The number of carbonyl (C=O) groups is 2. The van der Waals surface area contributed by atoms with Crippen molar-refractivity contribution in [2.45, 2.75) is 33.2 Å². The van der Waals surface area contributed by atoms with Crippen LogP contribution in [0, 0.1) is 13.8 Å². The predicted molar refractivity (Wildman–Crippen MR) is 118 cm³/mol. The van der Waals surface area contributed by atoms with Crippen molar-refractivity contribution in [1.29, 1.82) is 0 Å². The molecule has 2 aromatic carbocycles. The first-order chi connectivity index (χ1) is 14.5. The Hall–Kier alpha value is -3.60. The second kappa shape index (κ2) is 9.74. The third kappa shape index (κ3) is 5.06. The summed E-state index contributed by atoms with van der Waals surface area (Å²) in [6.07, 6.45) is 3.78. The lowest BCUT2D eigenvalue weighted by molar-refractivity contribution is -0.118. The minimum Gasteiger partial charge on any atom is -0.465 e. The Labute approximate surface area is 176 Å². The minimum absolute atomic E-state index is 0.130. The summed E-state index contributed by atoms with van der Waals surface area (Å²) in [6, 6.07) is 18.5. The van der Waals surface area contributed by atoms with Crippen LogP contribution in [0.3, 0.4) is 0 Å². The van der Waals surface area contributed by atoms with Gasteiger partial charge in [-0.15, -0.1) is 0 Å². The zero-order valence-corrected chi connectivity index (χ0v) is 17.4. The molecule has 5 nitrogen and oxygen atoms in total. The Bertz CT molecular complexity index is 1050. The molecule has 0 bridgehead atoms. The van der Waals surface area contributed by atoms with Crippen LogP contribution in [0.5, 0.6) is 0 Å². The Kier molecular flexibility index (Phi) is 6.86. The lowest BCUT2D eigenvalue weighted by Crippen LogP contribution is -2.37. The zero-order valence-electron chi connectivity index (χ0n) is 17.4. The third-order valence-corrected chi connectivity index (χ3v) is 4.99. The highest BCUT2D eigenvalue weighted by Gasteiger charge is 2.20. The average Bonchev–Trinajstić information content (AvgIpc) is 3.25. The fraction of sp³-hybridized carbons (Fsp3) is 0.200. The van der Waals surface area contributed by atoms with Crippen LogP contribution < -0.4 is 10.6 Å². The molecule has 2 amide bonds. The SMILES string of the molecule is CC[C@H](NC(=O)/C(=C/c1ccco1)NC(=O)c1ccccc1C)c1ccccc1C. The van der Waals surface area contributed by atoms with Crippen molar-refractivity contribution in [3.63, 3.8) is 0 Å². The van der Waals surface area contributed by atoms with Crippen molar-refractivity contribution < 1.29 is 14.0 Å². The summed E-state index contributed by atoms with van der Waals surface area (Å²) in [7, 11) is 0. The standard InChI is InChI=1S/C25H26N2O3/c1-4-22(20-13-7-5-10-17(20)2)26-25(29)23(16-19-12-9-15-30-19)27-24(28)21-14-8-6-11-18(21)3/h5-16,22H,4H2,1-3H3,(H,26,29)(H,27,28)/b23-16-/t22-/m0/s1. The first-order valence-corrected chi connectivity index (χ1v) is 9.98. The van der Waals surface area contributed by atoms with Crippen LogP contribution in [0.25, 0.3) is 6.08 Å². The lowest BCUT2D eigenvalue weighted by atomic mass is 9.99. The fourth-order valence-corrected chi connectivity index (χ4v) is 3.30. The third-order valence-electron chi connectivity index (χ3n) is 4.99. The van der Waals surface area contributed by atoms with Gasteiger partial charge in [-0.05, 0) is 55.2 Å². The van der Waals surface area contributed by atoms with E-state index in [2.05, 4.69) is 10.6 Å². The van der Waals surface area contributed by atoms with Crippen molar-refractivity contribution in [2.75, 3.05) is 0 Å². The molecule has 1 atom stereocenters. The molecule has 3 aromatic rings. The van der Waals surface area contributed by atoms with Crippen LogP contribution in [-0.2, 0) is 4.79 Å². The largest absolute Gasteiger partial charge is 0.465 e. The molecule has 1 aromatic heterocycles. The van der Waals surface area contributed by atoms with E-state index < -0.39 is 0 Å². The summed E-state index contributed by atoms with van der Waals surface area (Å²) in [5.41, 5.74) is 3.63. The zero-order chi connectivity index (χ0) is 21.5. The highest BCUT2D eigenvalue weighted by atomic mass is 16.3. The number of nitrogens with one attached hydrogen (secondary N) is 2. The van der Waals surface area contributed by atoms with Gasteiger partial charge in [0, 0.05) is 11.6 Å². The molecule has 1 heterocycles. The maximum atomic E-state index is 13.1. The highest BCUT2D eigenvalue weighted by Crippen LogP contribution is 2.21. The van der Waals surface area contributed by atoms with Gasteiger partial charge in [-0.1, -0.05) is 49.4 Å². The molecule has 2 N–H and O–H groups in total. The number of carbonyl (C=O) groups excluding carboxylic acids is 2. The molecule has 0 radical (unpaired) electrons. The Morgan fingerprint density at radius 1 is 0.967 bits per heavy atom. The molecule has 0 aliphatic carbocycles. The molecule has 154 valence electrons. The van der Waals surface area contributed by atoms with E-state index in [1.807, 2.05) is 57.2 Å². The topological polar surface area (TPSA) is 71.3 Å². The highest BCUT2D eigenvalue weighted by molar-refractivity contribution is 6.05. The number of aryl methyl sites for hydroxylation is 2. The van der Waals surface area contributed by atoms with E-state index in [4.69, 9.17) is 4.42 Å². The van der Waals surface area contributed by atoms with Crippen LogP contribution in [0.1, 0.15) is 52.2 Å². The summed E-state index contributed by atoms with van der Waals surface area (Å²) in [4.78, 5) is 26.0. The molecule has 0 unspecified atom stereocenters. The number of benzene rings is 2. The van der Waals surface area contributed by atoms with Crippen LogP contribution in [0.2, 0.25) is 0 Å². The second-order valence-corrected chi connectivity index (χ2v) is 7.13. The van der Waals surface area contributed by atoms with Crippen molar-refractivity contribution >= 4 is 17.9 Å². The monoisotopic (exact) mass is 402 g/mol. The summed E-state index contributed by atoms with van der Waals surface area (Å²) in [5, 5.41) is 5.80. The van der Waals surface area contributed by atoms with Gasteiger partial charge in [0.2, 0.25) is 0 Å². The molecular weight excluding hydrogens is 376 g/mol. The number of hydrogen-bond acceptors (Lipinski definition) is 3. The molecule has 0 saturated carbocycles. The second-order valence-electron chi connectivity index (χ2n) is 7.13. The number of furan rings is 1. The molecule has 0 spiro atoms. The van der Waals surface area contributed by atoms with Crippen molar-refractivity contribution in [3.8, 4) is 0 Å². The van der Waals surface area contributed by atoms with Gasteiger partial charge < -0.3 is 15.1 Å². The summed E-state index contributed by atoms with van der Waals surface area (Å²) >= 11 is 0. The fourth-order valence-electron chi connectivity index (χ4n) is 3.30. The van der Waals surface area contributed by atoms with Crippen LogP contribution in [0.15, 0.2) is 77.0 Å². The van der Waals surface area contributed by atoms with Gasteiger partial charge in [-0.2, -0.15) is 0 Å². The van der Waals surface area contributed by atoms with Gasteiger partial charge >= 0.3 is 0 Å². The van der Waals surface area contributed by atoms with Gasteiger partial charge in [0.05, 0.1) is 12.3 Å². The summed E-state index contributed by atoms with van der Waals surface area (Å²) < 4.78 is 5.35. The summed E-state index contributed by atoms with van der Waals surface area (Å²) in [6.45, 7) is 5.89. The molecular formula is C25H26N2O3. The normalized spacial score (nSPS) is 12.3. The number of rotatable bonds is 7. The minimum atomic E-state index is -0.372. The Morgan fingerprint density at radius 3 is 2.30 bits per heavy atom. The van der Waals surface area contributed by atoms with E-state index >= 15 is 0 Å². The summed E-state index contributed by atoms with van der Waals surface area (Å²) in [5.74, 6) is -0.234. The van der Waals surface area contributed by atoms with Gasteiger partial charge in [-0.25, -0.2) is 0 Å². The molecule has 3 rings (SSSR count). The van der Waals surface area contributed by atoms with Gasteiger partial charge in [0.1, 0.15) is 11.5 Å². The van der Waals surface area contributed by atoms with Crippen LogP contribution in [-0.4, -0.2) is 11.8 Å². The van der Waals surface area contributed by atoms with Crippen molar-refractivity contribution in [3.05, 3.63) is 101 Å². The average molecular weight is 402 g/mol. The first-order valence-electron chi connectivity index (χ1n) is 9.98. The van der Waals surface area contributed by atoms with Crippen molar-refractivity contribution in [2.24, 2.45) is 0 Å². The van der Waals surface area contributed by atoms with Gasteiger partial charge in [-0.3, -0.25) is 9.59 Å². The lowest BCUT2D eigenvalue weighted by Gasteiger charge is -2.21. The maximum Gasteiger partial charge on any atom is 0.268 e. The van der Waals surface area contributed by atoms with E-state index in [1.165, 1.54) is 12.3 Å². The van der Waals surface area contributed by atoms with Crippen LogP contribution >= 0.6 is 0 Å². The Morgan fingerprint density at radius 2 is 1.67 bits per heavy atom. The molecule has 0 aliphatic heterocycles. The first kappa shape index (κ1) is 21.1. The molecule has 0 aliphatic rings. The predicted octanol–water partition coefficient (Wildman–Crippen LogP) is 4.93. The quantitative estimate of drug-likeness (QED) is 0.550. The molecule has 0 saturated heterocycles. The smallest absolute Gasteiger partial charge is 0.268 e. The van der Waals surface area contributed by atoms with Crippen molar-refractivity contribution in [1.82, 2.24) is 10.6 Å². The number of amides is 2. The molecule has 30 heavy (non-hydrogen) atoms. The van der Waals surface area contributed by atoms with E-state index in [1.54, 1.807) is 24.3 Å². The molecule has 5 heteroatoms. The molecule has 0 fully saturated rings. The van der Waals surface area contributed by atoms with Gasteiger partial charge in [0.15, 0.2) is 0 Å². The van der Waals surface area contributed by atoms with E-state index in [0.717, 1.165) is 23.1 Å². The number of hydrogen-bond donors (Lipinski definition) is 2. The van der Waals surface area contributed by atoms with Crippen LogP contribution in [0.4, 0.5) is 0 Å². The van der Waals surface area contributed by atoms with Gasteiger partial charge in [0.25, 0.3) is 11.8 Å². The Balaban J connectivity index is 1.87. The maximum absolute atomic E-state index is 13.1. The van der Waals surface area contributed by atoms with E-state index in [0.29, 0.717) is 11.3 Å².